The number of rotatable bonds is 2. The molecule has 0 saturated carbocycles. The van der Waals surface area contributed by atoms with Crippen molar-refractivity contribution < 1.29 is 4.57 Å². The second-order valence-electron chi connectivity index (χ2n) is 5.27. The standard InChI is InChI=1S/C9H22NOPS/c1-8(2,3)10-12(11,13-7)9(4,5)6/h1-7H3,(H,10,11). The van der Waals surface area contributed by atoms with Gasteiger partial charge in [-0.05, 0) is 27.0 Å². The minimum Gasteiger partial charge on any atom is -0.294 e. The highest BCUT2D eigenvalue weighted by Crippen LogP contribution is 2.64. The third kappa shape index (κ3) is 4.05. The van der Waals surface area contributed by atoms with Crippen LogP contribution in [0.1, 0.15) is 41.5 Å². The predicted octanol–water partition coefficient (Wildman–Crippen LogP) is 3.73. The Morgan fingerprint density at radius 2 is 1.46 bits per heavy atom. The van der Waals surface area contributed by atoms with E-state index in [1.165, 1.54) is 11.4 Å². The minimum absolute atomic E-state index is 0.0915. The summed E-state index contributed by atoms with van der Waals surface area (Å²) in [6.07, 6.45) is 1.91. The van der Waals surface area contributed by atoms with Crippen molar-refractivity contribution in [3.63, 3.8) is 0 Å². The lowest BCUT2D eigenvalue weighted by Crippen LogP contribution is -2.37. The molecule has 1 N–H and O–H groups in total. The van der Waals surface area contributed by atoms with Gasteiger partial charge in [0, 0.05) is 10.7 Å². The fourth-order valence-electron chi connectivity index (χ4n) is 0.929. The number of nitrogens with one attached hydrogen (secondary N) is 1. The second-order valence-corrected chi connectivity index (χ2v) is 10.9. The molecule has 0 heterocycles. The highest BCUT2D eigenvalue weighted by atomic mass is 32.7. The summed E-state index contributed by atoms with van der Waals surface area (Å²) in [5, 5.41) is 3.06. The van der Waals surface area contributed by atoms with Gasteiger partial charge in [-0.2, -0.15) is 0 Å². The summed E-state index contributed by atoms with van der Waals surface area (Å²) in [6, 6.07) is 0. The van der Waals surface area contributed by atoms with Gasteiger partial charge < -0.3 is 0 Å². The van der Waals surface area contributed by atoms with Gasteiger partial charge in [-0.15, -0.1) is 0 Å². The van der Waals surface area contributed by atoms with Crippen LogP contribution in [0.25, 0.3) is 0 Å². The average Bonchev–Trinajstić information content (AvgIpc) is 1.81. The summed E-state index contributed by atoms with van der Waals surface area (Å²) in [5.41, 5.74) is -0.0915. The normalized spacial score (nSPS) is 18.4. The number of hydrogen-bond acceptors (Lipinski definition) is 2. The molecule has 2 nitrogen and oxygen atoms in total. The maximum absolute atomic E-state index is 12.5. The molecule has 0 fully saturated rings. The molecule has 1 unspecified atom stereocenters. The Morgan fingerprint density at radius 3 is 1.54 bits per heavy atom. The first-order valence-corrected chi connectivity index (χ1v) is 8.01. The lowest BCUT2D eigenvalue weighted by Gasteiger charge is -2.35. The van der Waals surface area contributed by atoms with Gasteiger partial charge in [-0.1, -0.05) is 32.2 Å². The molecule has 1 atom stereocenters. The average molecular weight is 223 g/mol. The fourth-order valence-corrected chi connectivity index (χ4v) is 5.52. The maximum Gasteiger partial charge on any atom is 0.206 e. The molecule has 0 aliphatic heterocycles. The van der Waals surface area contributed by atoms with E-state index in [1.54, 1.807) is 0 Å². The number of hydrogen-bond donors (Lipinski definition) is 1. The van der Waals surface area contributed by atoms with E-state index >= 15 is 0 Å². The van der Waals surface area contributed by atoms with Crippen molar-refractivity contribution in [3.05, 3.63) is 0 Å². The molecular weight excluding hydrogens is 201 g/mol. The monoisotopic (exact) mass is 223 g/mol. The van der Waals surface area contributed by atoms with Gasteiger partial charge >= 0.3 is 0 Å². The van der Waals surface area contributed by atoms with Crippen molar-refractivity contribution in [1.82, 2.24) is 5.09 Å². The van der Waals surface area contributed by atoms with Crippen LogP contribution in [0.4, 0.5) is 0 Å². The SMILES string of the molecule is CSP(=O)(NC(C)(C)C)C(C)(C)C. The third-order valence-electron chi connectivity index (χ3n) is 1.62. The van der Waals surface area contributed by atoms with E-state index in [-0.39, 0.29) is 10.7 Å². The molecule has 0 radical (unpaired) electrons. The second kappa shape index (κ2) is 3.96. The summed E-state index contributed by atoms with van der Waals surface area (Å²) >= 11 is 1.45. The highest BCUT2D eigenvalue weighted by molar-refractivity contribution is 8.57. The Balaban J connectivity index is 4.79. The fraction of sp³-hybridized carbons (Fsp3) is 1.00. The molecule has 0 aliphatic carbocycles. The van der Waals surface area contributed by atoms with Crippen LogP contribution in [0.2, 0.25) is 0 Å². The maximum atomic E-state index is 12.5. The van der Waals surface area contributed by atoms with Crippen LogP contribution < -0.4 is 5.09 Å². The summed E-state index contributed by atoms with van der Waals surface area (Å²) in [4.78, 5) is 0. The zero-order valence-electron chi connectivity index (χ0n) is 9.76. The van der Waals surface area contributed by atoms with Gasteiger partial charge in [0.05, 0.1) is 0 Å². The zero-order chi connectivity index (χ0) is 10.9. The van der Waals surface area contributed by atoms with Crippen LogP contribution in [0.15, 0.2) is 0 Å². The van der Waals surface area contributed by atoms with Crippen LogP contribution in [-0.2, 0) is 4.57 Å². The van der Waals surface area contributed by atoms with E-state index < -0.39 is 6.49 Å². The molecule has 0 aliphatic rings. The largest absolute Gasteiger partial charge is 0.294 e. The van der Waals surface area contributed by atoms with Gasteiger partial charge in [0.25, 0.3) is 0 Å². The van der Waals surface area contributed by atoms with E-state index in [0.29, 0.717) is 0 Å². The van der Waals surface area contributed by atoms with E-state index in [4.69, 9.17) is 0 Å². The zero-order valence-corrected chi connectivity index (χ0v) is 11.5. The van der Waals surface area contributed by atoms with Crippen LogP contribution in [0.5, 0.6) is 0 Å². The summed E-state index contributed by atoms with van der Waals surface area (Å²) in [5.74, 6) is 0. The molecule has 0 amide bonds. The van der Waals surface area contributed by atoms with E-state index in [1.807, 2.05) is 47.8 Å². The molecule has 0 aromatic carbocycles. The molecule has 0 saturated heterocycles. The van der Waals surface area contributed by atoms with Gasteiger partial charge in [0.1, 0.15) is 0 Å². The van der Waals surface area contributed by atoms with Crippen molar-refractivity contribution >= 4 is 17.9 Å². The van der Waals surface area contributed by atoms with Crippen molar-refractivity contribution in [2.24, 2.45) is 0 Å². The van der Waals surface area contributed by atoms with Crippen LogP contribution >= 0.6 is 17.9 Å². The Bertz CT molecular complexity index is 215. The van der Waals surface area contributed by atoms with Gasteiger partial charge in [0.2, 0.25) is 6.49 Å². The predicted molar refractivity (Wildman–Crippen MR) is 63.8 cm³/mol. The summed E-state index contributed by atoms with van der Waals surface area (Å²) < 4.78 is 12.5. The molecule has 13 heavy (non-hydrogen) atoms. The van der Waals surface area contributed by atoms with Gasteiger partial charge in [-0.3, -0.25) is 9.65 Å². The first kappa shape index (κ1) is 13.5. The van der Waals surface area contributed by atoms with Crippen LogP contribution in [0, 0.1) is 0 Å². The Labute approximate surface area is 86.4 Å². The molecular formula is C9H22NOPS. The molecule has 0 aromatic rings. The molecule has 4 heteroatoms. The minimum atomic E-state index is -2.34. The summed E-state index contributed by atoms with van der Waals surface area (Å²) in [7, 11) is 0. The van der Waals surface area contributed by atoms with Gasteiger partial charge in [-0.25, -0.2) is 0 Å². The highest BCUT2D eigenvalue weighted by Gasteiger charge is 2.38. The van der Waals surface area contributed by atoms with Crippen molar-refractivity contribution in [2.45, 2.75) is 52.2 Å². The first-order chi connectivity index (χ1) is 5.52. The van der Waals surface area contributed by atoms with Crippen LogP contribution in [0.3, 0.4) is 0 Å². The molecule has 0 aromatic heterocycles. The molecule has 0 bridgehead atoms. The third-order valence-corrected chi connectivity index (χ3v) is 8.33. The van der Waals surface area contributed by atoms with Gasteiger partial charge in [0.15, 0.2) is 0 Å². The smallest absolute Gasteiger partial charge is 0.206 e. The van der Waals surface area contributed by atoms with E-state index in [9.17, 15) is 4.57 Å². The summed E-state index contributed by atoms with van der Waals surface area (Å²) in [6.45, 7) is 9.84. The van der Waals surface area contributed by atoms with Crippen molar-refractivity contribution in [1.29, 1.82) is 0 Å². The lowest BCUT2D eigenvalue weighted by molar-refractivity contribution is 0.482. The van der Waals surface area contributed by atoms with E-state index in [2.05, 4.69) is 5.09 Å². The lowest BCUT2D eigenvalue weighted by atomic mass is 10.1. The van der Waals surface area contributed by atoms with Crippen molar-refractivity contribution in [3.8, 4) is 0 Å². The quantitative estimate of drug-likeness (QED) is 0.723. The molecule has 80 valence electrons. The molecule has 0 rings (SSSR count). The Morgan fingerprint density at radius 1 is 1.08 bits per heavy atom. The van der Waals surface area contributed by atoms with Crippen LogP contribution in [-0.4, -0.2) is 17.0 Å². The molecule has 0 spiro atoms. The Hall–Kier alpha value is 0.540. The van der Waals surface area contributed by atoms with Crippen molar-refractivity contribution in [2.75, 3.05) is 6.26 Å². The first-order valence-electron chi connectivity index (χ1n) is 4.47. The Kier molecular flexibility index (Phi) is 4.12. The topological polar surface area (TPSA) is 29.1 Å². The van der Waals surface area contributed by atoms with E-state index in [0.717, 1.165) is 0 Å².